The molecule has 5 heteroatoms. The van der Waals surface area contributed by atoms with E-state index in [1.54, 1.807) is 0 Å². The second-order valence-electron chi connectivity index (χ2n) is 12.7. The zero-order valence-electron chi connectivity index (χ0n) is 26.8. The molecule has 0 spiro atoms. The highest BCUT2D eigenvalue weighted by atomic mass is 16.1. The molecule has 0 saturated carbocycles. The van der Waals surface area contributed by atoms with E-state index in [4.69, 9.17) is 9.97 Å². The number of hydrogen-bond acceptors (Lipinski definition) is 3. The van der Waals surface area contributed by atoms with E-state index in [1.807, 2.05) is 72.8 Å². The van der Waals surface area contributed by atoms with E-state index < -0.39 is 0 Å². The number of carbonyl (C=O) groups excluding carboxylic acids is 1. The largest absolute Gasteiger partial charge is 0.354 e. The first-order valence-electron chi connectivity index (χ1n) is 16.7. The molecule has 2 N–H and O–H groups in total. The van der Waals surface area contributed by atoms with Gasteiger partial charge >= 0.3 is 0 Å². The minimum atomic E-state index is -0.00410. The van der Waals surface area contributed by atoms with Crippen LogP contribution in [0.3, 0.4) is 0 Å². The first kappa shape index (κ1) is 28.2. The zero-order chi connectivity index (χ0) is 33.2. The molecule has 7 aromatic rings. The van der Waals surface area contributed by atoms with Crippen LogP contribution in [-0.4, -0.2) is 25.7 Å². The van der Waals surface area contributed by atoms with E-state index in [1.165, 1.54) is 0 Å². The Morgan fingerprint density at radius 1 is 0.380 bits per heavy atom. The van der Waals surface area contributed by atoms with Crippen molar-refractivity contribution in [3.8, 4) is 44.5 Å². The Kier molecular flexibility index (Phi) is 6.26. The Morgan fingerprint density at radius 3 is 1.44 bits per heavy atom. The molecule has 5 heterocycles. The van der Waals surface area contributed by atoms with Crippen LogP contribution in [0.5, 0.6) is 0 Å². The van der Waals surface area contributed by atoms with Gasteiger partial charge in [0.2, 0.25) is 0 Å². The summed E-state index contributed by atoms with van der Waals surface area (Å²) in [6.45, 7) is 0. The van der Waals surface area contributed by atoms with Crippen LogP contribution in [0.1, 0.15) is 38.7 Å². The number of carbonyl (C=O) groups is 1. The Bertz CT molecular complexity index is 2750. The second kappa shape index (κ2) is 11.1. The van der Waals surface area contributed by atoms with Gasteiger partial charge in [0, 0.05) is 49.9 Å². The van der Waals surface area contributed by atoms with Crippen molar-refractivity contribution in [3.63, 3.8) is 0 Å². The minimum absolute atomic E-state index is 0.00410. The zero-order valence-corrected chi connectivity index (χ0v) is 26.8. The van der Waals surface area contributed by atoms with Crippen LogP contribution in [-0.2, 0) is 0 Å². The van der Waals surface area contributed by atoms with E-state index in [0.717, 1.165) is 89.4 Å². The van der Waals surface area contributed by atoms with Crippen molar-refractivity contribution in [1.29, 1.82) is 0 Å². The predicted octanol–water partition coefficient (Wildman–Crippen LogP) is 10.9. The number of aromatic amines is 2. The van der Waals surface area contributed by atoms with Crippen molar-refractivity contribution >= 4 is 52.2 Å². The number of fused-ring (bicyclic) bond motifs is 10. The highest BCUT2D eigenvalue weighted by Crippen LogP contribution is 2.42. The predicted molar refractivity (Wildman–Crippen MR) is 204 cm³/mol. The van der Waals surface area contributed by atoms with Gasteiger partial charge < -0.3 is 9.97 Å². The Hall–Kier alpha value is -6.85. The number of H-pyrrole nitrogens is 2. The van der Waals surface area contributed by atoms with Crippen LogP contribution in [0.2, 0.25) is 0 Å². The molecule has 0 saturated heterocycles. The molecular weight excluding hydrogens is 613 g/mol. The fourth-order valence-electron chi connectivity index (χ4n) is 7.52. The molecule has 10 rings (SSSR count). The van der Waals surface area contributed by atoms with Gasteiger partial charge in [0.1, 0.15) is 0 Å². The Morgan fingerprint density at radius 2 is 0.840 bits per heavy atom. The number of nitrogens with zero attached hydrogens (tertiary/aromatic N) is 2. The third-order valence-corrected chi connectivity index (χ3v) is 9.74. The summed E-state index contributed by atoms with van der Waals surface area (Å²) >= 11 is 0. The second-order valence-corrected chi connectivity index (χ2v) is 12.7. The quantitative estimate of drug-likeness (QED) is 0.202. The van der Waals surface area contributed by atoms with E-state index in [0.29, 0.717) is 11.1 Å². The highest BCUT2D eigenvalue weighted by Gasteiger charge is 2.28. The molecule has 4 aromatic carbocycles. The van der Waals surface area contributed by atoms with E-state index in [9.17, 15) is 4.79 Å². The Balaban J connectivity index is 1.44. The summed E-state index contributed by atoms with van der Waals surface area (Å²) in [7, 11) is 0. The fourth-order valence-corrected chi connectivity index (χ4v) is 7.52. The molecule has 50 heavy (non-hydrogen) atoms. The lowest BCUT2D eigenvalue weighted by Crippen LogP contribution is -2.08. The highest BCUT2D eigenvalue weighted by molar-refractivity contribution is 6.24. The topological polar surface area (TPSA) is 74.4 Å². The molecule has 2 aliphatic heterocycles. The van der Waals surface area contributed by atoms with Gasteiger partial charge in [-0.1, -0.05) is 115 Å². The van der Waals surface area contributed by atoms with E-state index in [-0.39, 0.29) is 5.78 Å². The molecule has 234 valence electrons. The summed E-state index contributed by atoms with van der Waals surface area (Å²) in [5.41, 5.74) is 15.9. The average Bonchev–Trinajstić information content (AvgIpc) is 4.00. The van der Waals surface area contributed by atoms with Crippen molar-refractivity contribution in [3.05, 3.63) is 167 Å². The summed E-state index contributed by atoms with van der Waals surface area (Å²) in [5.74, 6) is -0.00410. The summed E-state index contributed by atoms with van der Waals surface area (Å²) in [4.78, 5) is 32.3. The van der Waals surface area contributed by atoms with Gasteiger partial charge in [-0.2, -0.15) is 0 Å². The van der Waals surface area contributed by atoms with Crippen molar-refractivity contribution in [2.45, 2.75) is 0 Å². The van der Waals surface area contributed by atoms with Crippen molar-refractivity contribution in [2.75, 3.05) is 0 Å². The minimum Gasteiger partial charge on any atom is -0.354 e. The van der Waals surface area contributed by atoms with Crippen molar-refractivity contribution in [1.82, 2.24) is 19.9 Å². The maximum Gasteiger partial charge on any atom is 0.195 e. The van der Waals surface area contributed by atoms with Crippen LogP contribution >= 0.6 is 0 Å². The maximum absolute atomic E-state index is 14.2. The molecule has 3 aromatic heterocycles. The van der Waals surface area contributed by atoms with Crippen molar-refractivity contribution < 1.29 is 4.79 Å². The number of nitrogens with one attached hydrogen (secondary N) is 2. The van der Waals surface area contributed by atoms with Gasteiger partial charge in [0.15, 0.2) is 5.78 Å². The average molecular weight is 641 g/mol. The lowest BCUT2D eigenvalue weighted by molar-refractivity contribution is 0.104. The van der Waals surface area contributed by atoms with Gasteiger partial charge in [-0.3, -0.25) is 4.79 Å². The van der Waals surface area contributed by atoms with Crippen LogP contribution in [0.4, 0.5) is 0 Å². The van der Waals surface area contributed by atoms with Gasteiger partial charge in [-0.15, -0.1) is 0 Å². The van der Waals surface area contributed by atoms with Gasteiger partial charge in [0.05, 0.1) is 28.3 Å². The molecule has 3 aliphatic rings. The summed E-state index contributed by atoms with van der Waals surface area (Å²) in [5, 5.41) is 0. The fraction of sp³-hybridized carbons (Fsp3) is 0. The standard InChI is InChI=1S/C45H28N4O/c50-45-31-19-11-10-18-30(31)43-38-25-24-36(48-38)41(28-14-6-2-7-15-28)34-21-20-33(46-34)40(27-12-4-1-5-13-27)35-22-23-37(47-35)42(29-16-8-3-9-17-29)39-26-32(45)44(43)49-39/h1-26,47,49H. The molecule has 0 fully saturated rings. The normalized spacial score (nSPS) is 12.7. The lowest BCUT2D eigenvalue weighted by Gasteiger charge is -2.15. The molecule has 1 aliphatic carbocycles. The van der Waals surface area contributed by atoms with Crippen LogP contribution in [0.15, 0.2) is 133 Å². The number of benzene rings is 4. The molecule has 8 bridgehead atoms. The number of hydrogen-bond donors (Lipinski definition) is 2. The van der Waals surface area contributed by atoms with Gasteiger partial charge in [0.25, 0.3) is 0 Å². The number of rotatable bonds is 3. The number of aromatic nitrogens is 4. The lowest BCUT2D eigenvalue weighted by atomic mass is 9.87. The Labute approximate surface area is 288 Å². The molecule has 0 amide bonds. The van der Waals surface area contributed by atoms with Gasteiger partial charge in [-0.05, 0) is 64.8 Å². The van der Waals surface area contributed by atoms with Crippen LogP contribution in [0.25, 0.3) is 90.9 Å². The van der Waals surface area contributed by atoms with E-state index in [2.05, 4.69) is 94.9 Å². The van der Waals surface area contributed by atoms with Gasteiger partial charge in [-0.25, -0.2) is 9.97 Å². The summed E-state index contributed by atoms with van der Waals surface area (Å²) in [6, 6.07) is 45.1. The molecule has 0 radical (unpaired) electrons. The monoisotopic (exact) mass is 640 g/mol. The third-order valence-electron chi connectivity index (χ3n) is 9.74. The molecular formula is C45H28N4O. The molecule has 5 nitrogen and oxygen atoms in total. The number of ketones is 1. The van der Waals surface area contributed by atoms with Crippen LogP contribution < -0.4 is 0 Å². The maximum atomic E-state index is 14.2. The molecule has 0 atom stereocenters. The summed E-state index contributed by atoms with van der Waals surface area (Å²) < 4.78 is 0. The molecule has 0 unspecified atom stereocenters. The van der Waals surface area contributed by atoms with Crippen molar-refractivity contribution in [2.24, 2.45) is 0 Å². The summed E-state index contributed by atoms with van der Waals surface area (Å²) in [6.07, 6.45) is 8.33. The first-order valence-corrected chi connectivity index (χ1v) is 16.7. The third kappa shape index (κ3) is 4.37. The smallest absolute Gasteiger partial charge is 0.195 e. The van der Waals surface area contributed by atoms with Crippen LogP contribution in [0, 0.1) is 0 Å². The van der Waals surface area contributed by atoms with E-state index >= 15 is 0 Å². The first-order chi connectivity index (χ1) is 24.7. The SMILES string of the molecule is O=C1c2ccccc2-c2c3nc(c(-c4ccccc4)c4nc(c(-c5ccccc5)c5ccc([nH]5)c(-c5ccccc5)c5cc1c2[nH]5)C=C4)C=C3.